The quantitative estimate of drug-likeness (QED) is 0.715. The summed E-state index contributed by atoms with van der Waals surface area (Å²) in [6.45, 7) is 3.76. The predicted molar refractivity (Wildman–Crippen MR) is 60.3 cm³/mol. The van der Waals surface area contributed by atoms with Crippen LogP contribution in [0.15, 0.2) is 49.2 Å². The summed E-state index contributed by atoms with van der Waals surface area (Å²) in [6, 6.07) is 11.8. The average molecular weight is 184 g/mol. The second kappa shape index (κ2) is 3.42. The zero-order valence-electron chi connectivity index (χ0n) is 7.85. The molecule has 0 bridgehead atoms. The second-order valence-electron chi connectivity index (χ2n) is 3.10. The third-order valence-electron chi connectivity index (χ3n) is 2.16. The predicted octanol–water partition coefficient (Wildman–Crippen LogP) is 2.70. The number of nitrogens with two attached hydrogens (primary N) is 1. The molecule has 2 rings (SSSR count). The zero-order chi connectivity index (χ0) is 9.97. The molecule has 1 aromatic heterocycles. The van der Waals surface area contributed by atoms with E-state index in [4.69, 9.17) is 5.73 Å². The van der Waals surface area contributed by atoms with E-state index in [-0.39, 0.29) is 0 Å². The summed E-state index contributed by atoms with van der Waals surface area (Å²) in [4.78, 5) is 0. The molecule has 2 N–H and O–H groups in total. The molecule has 1 aromatic carbocycles. The molecule has 0 saturated heterocycles. The molecular formula is C12H12N2. The van der Waals surface area contributed by atoms with Gasteiger partial charge in [0.2, 0.25) is 0 Å². The van der Waals surface area contributed by atoms with Crippen molar-refractivity contribution in [3.8, 4) is 5.69 Å². The highest BCUT2D eigenvalue weighted by atomic mass is 15.0. The van der Waals surface area contributed by atoms with Gasteiger partial charge in [-0.15, -0.1) is 0 Å². The van der Waals surface area contributed by atoms with E-state index < -0.39 is 0 Å². The lowest BCUT2D eigenvalue weighted by atomic mass is 10.3. The number of nitrogens with zero attached hydrogens (tertiary/aromatic N) is 1. The van der Waals surface area contributed by atoms with Crippen molar-refractivity contribution in [1.29, 1.82) is 0 Å². The zero-order valence-corrected chi connectivity index (χ0v) is 7.85. The average Bonchev–Trinajstić information content (AvgIpc) is 2.67. The van der Waals surface area contributed by atoms with E-state index in [0.717, 1.165) is 17.1 Å². The number of hydrogen-bond acceptors (Lipinski definition) is 1. The second-order valence-corrected chi connectivity index (χ2v) is 3.10. The maximum atomic E-state index is 5.62. The molecule has 70 valence electrons. The lowest BCUT2D eigenvalue weighted by Crippen LogP contribution is -1.94. The molecular weight excluding hydrogens is 172 g/mol. The minimum absolute atomic E-state index is 0.779. The van der Waals surface area contributed by atoms with Crippen LogP contribution < -0.4 is 5.73 Å². The summed E-state index contributed by atoms with van der Waals surface area (Å²) in [5, 5.41) is 0. The summed E-state index contributed by atoms with van der Waals surface area (Å²) in [5.41, 5.74) is 8.57. The molecule has 0 atom stereocenters. The van der Waals surface area contributed by atoms with E-state index in [1.807, 2.05) is 48.7 Å². The molecule has 2 heteroatoms. The Morgan fingerprint density at radius 1 is 1.14 bits per heavy atom. The van der Waals surface area contributed by atoms with Crippen molar-refractivity contribution in [3.05, 3.63) is 54.9 Å². The molecule has 0 aliphatic carbocycles. The first-order valence-corrected chi connectivity index (χ1v) is 4.47. The van der Waals surface area contributed by atoms with Crippen LogP contribution in [0.2, 0.25) is 0 Å². The van der Waals surface area contributed by atoms with Crippen LogP contribution in [-0.4, -0.2) is 4.57 Å². The van der Waals surface area contributed by atoms with E-state index in [1.165, 1.54) is 0 Å². The van der Waals surface area contributed by atoms with Gasteiger partial charge in [-0.1, -0.05) is 6.58 Å². The molecule has 14 heavy (non-hydrogen) atoms. The van der Waals surface area contributed by atoms with Crippen molar-refractivity contribution in [3.63, 3.8) is 0 Å². The Kier molecular flexibility index (Phi) is 2.11. The molecule has 2 nitrogen and oxygen atoms in total. The molecule has 1 heterocycles. The van der Waals surface area contributed by atoms with Crippen LogP contribution in [0.25, 0.3) is 11.8 Å². The van der Waals surface area contributed by atoms with E-state index in [2.05, 4.69) is 11.1 Å². The Morgan fingerprint density at radius 2 is 1.86 bits per heavy atom. The van der Waals surface area contributed by atoms with Crippen LogP contribution >= 0.6 is 0 Å². The first kappa shape index (κ1) is 8.63. The Labute approximate surface area is 83.3 Å². The van der Waals surface area contributed by atoms with Gasteiger partial charge in [0.15, 0.2) is 0 Å². The first-order chi connectivity index (χ1) is 6.81. The largest absolute Gasteiger partial charge is 0.399 e. The van der Waals surface area contributed by atoms with Crippen LogP contribution in [-0.2, 0) is 0 Å². The normalized spacial score (nSPS) is 10.0. The van der Waals surface area contributed by atoms with Crippen LogP contribution in [0.3, 0.4) is 0 Å². The molecule has 0 aliphatic heterocycles. The van der Waals surface area contributed by atoms with Gasteiger partial charge in [0.05, 0.1) is 0 Å². The third-order valence-corrected chi connectivity index (χ3v) is 2.16. The SMILES string of the molecule is C=Cc1cccn1-c1ccc(N)cc1. The summed E-state index contributed by atoms with van der Waals surface area (Å²) < 4.78 is 2.06. The van der Waals surface area contributed by atoms with E-state index in [1.54, 1.807) is 0 Å². The van der Waals surface area contributed by atoms with Gasteiger partial charge in [0, 0.05) is 23.3 Å². The first-order valence-electron chi connectivity index (χ1n) is 4.47. The van der Waals surface area contributed by atoms with Crippen molar-refractivity contribution in [2.75, 3.05) is 5.73 Å². The fourth-order valence-electron chi connectivity index (χ4n) is 1.43. The van der Waals surface area contributed by atoms with Gasteiger partial charge < -0.3 is 10.3 Å². The van der Waals surface area contributed by atoms with Gasteiger partial charge >= 0.3 is 0 Å². The Bertz CT molecular complexity index is 438. The van der Waals surface area contributed by atoms with Gasteiger partial charge in [-0.25, -0.2) is 0 Å². The Morgan fingerprint density at radius 3 is 2.50 bits per heavy atom. The number of aromatic nitrogens is 1. The highest BCUT2D eigenvalue weighted by molar-refractivity contribution is 5.51. The lowest BCUT2D eigenvalue weighted by molar-refractivity contribution is 1.06. The number of hydrogen-bond donors (Lipinski definition) is 1. The molecule has 0 aliphatic rings. The fraction of sp³-hybridized carbons (Fsp3) is 0. The van der Waals surface area contributed by atoms with Gasteiger partial charge in [0.1, 0.15) is 0 Å². The van der Waals surface area contributed by atoms with Crippen molar-refractivity contribution in [2.45, 2.75) is 0 Å². The summed E-state index contributed by atoms with van der Waals surface area (Å²) in [7, 11) is 0. The fourth-order valence-corrected chi connectivity index (χ4v) is 1.43. The van der Waals surface area contributed by atoms with Gasteiger partial charge in [-0.05, 0) is 42.5 Å². The molecule has 0 fully saturated rings. The van der Waals surface area contributed by atoms with E-state index in [0.29, 0.717) is 0 Å². The van der Waals surface area contributed by atoms with Crippen molar-refractivity contribution >= 4 is 11.8 Å². The Balaban J connectivity index is 2.49. The molecule has 0 unspecified atom stereocenters. The monoisotopic (exact) mass is 184 g/mol. The van der Waals surface area contributed by atoms with Crippen molar-refractivity contribution in [2.24, 2.45) is 0 Å². The van der Waals surface area contributed by atoms with Gasteiger partial charge in [-0.3, -0.25) is 0 Å². The number of benzene rings is 1. The van der Waals surface area contributed by atoms with Gasteiger partial charge in [0.25, 0.3) is 0 Å². The smallest absolute Gasteiger partial charge is 0.0456 e. The van der Waals surface area contributed by atoms with Crippen LogP contribution in [0.4, 0.5) is 5.69 Å². The maximum Gasteiger partial charge on any atom is 0.0456 e. The van der Waals surface area contributed by atoms with Crippen LogP contribution in [0.5, 0.6) is 0 Å². The van der Waals surface area contributed by atoms with Crippen molar-refractivity contribution < 1.29 is 0 Å². The van der Waals surface area contributed by atoms with Crippen molar-refractivity contribution in [1.82, 2.24) is 4.57 Å². The lowest BCUT2D eigenvalue weighted by Gasteiger charge is -2.06. The summed E-state index contributed by atoms with van der Waals surface area (Å²) in [6.07, 6.45) is 3.83. The molecule has 0 amide bonds. The van der Waals surface area contributed by atoms with Crippen LogP contribution in [0.1, 0.15) is 5.69 Å². The minimum Gasteiger partial charge on any atom is -0.399 e. The summed E-state index contributed by atoms with van der Waals surface area (Å²) >= 11 is 0. The standard InChI is InChI=1S/C12H12N2/c1-2-11-4-3-9-14(11)12-7-5-10(13)6-8-12/h2-9H,1,13H2. The number of anilines is 1. The molecule has 0 radical (unpaired) electrons. The van der Waals surface area contributed by atoms with E-state index >= 15 is 0 Å². The van der Waals surface area contributed by atoms with Crippen LogP contribution in [0, 0.1) is 0 Å². The minimum atomic E-state index is 0.779. The highest BCUT2D eigenvalue weighted by Crippen LogP contribution is 2.14. The Hall–Kier alpha value is -1.96. The highest BCUT2D eigenvalue weighted by Gasteiger charge is 1.98. The molecule has 0 saturated carbocycles. The molecule has 0 spiro atoms. The molecule has 2 aromatic rings. The summed E-state index contributed by atoms with van der Waals surface area (Å²) in [5.74, 6) is 0. The number of nitrogen functional groups attached to an aromatic ring is 1. The topological polar surface area (TPSA) is 30.9 Å². The maximum absolute atomic E-state index is 5.62. The third kappa shape index (κ3) is 1.42. The number of rotatable bonds is 2. The van der Waals surface area contributed by atoms with Gasteiger partial charge in [-0.2, -0.15) is 0 Å². The van der Waals surface area contributed by atoms with E-state index in [9.17, 15) is 0 Å².